The number of aromatic nitrogens is 3. The van der Waals surface area contributed by atoms with E-state index in [0.29, 0.717) is 11.5 Å². The van der Waals surface area contributed by atoms with Crippen LogP contribution in [0.1, 0.15) is 6.92 Å². The molecule has 2 aromatic heterocycles. The van der Waals surface area contributed by atoms with Crippen LogP contribution in [0.4, 0.5) is 17.2 Å². The fourth-order valence-electron chi connectivity index (χ4n) is 1.30. The molecular formula is C10H12BrN5. The van der Waals surface area contributed by atoms with Crippen LogP contribution in [0.5, 0.6) is 0 Å². The van der Waals surface area contributed by atoms with E-state index in [9.17, 15) is 0 Å². The molecule has 0 spiro atoms. The minimum absolute atomic E-state index is 0.596. The van der Waals surface area contributed by atoms with Crippen molar-refractivity contribution in [3.63, 3.8) is 0 Å². The first-order valence-electron chi connectivity index (χ1n) is 4.89. The molecule has 2 aromatic rings. The summed E-state index contributed by atoms with van der Waals surface area (Å²) >= 11 is 3.31. The van der Waals surface area contributed by atoms with Gasteiger partial charge in [-0.15, -0.1) is 0 Å². The highest BCUT2D eigenvalue weighted by Gasteiger charge is 2.03. The first-order valence-corrected chi connectivity index (χ1v) is 5.69. The zero-order valence-electron chi connectivity index (χ0n) is 8.81. The Hall–Kier alpha value is -1.56. The van der Waals surface area contributed by atoms with Crippen molar-refractivity contribution in [3.8, 4) is 0 Å². The zero-order chi connectivity index (χ0) is 11.5. The standard InChI is InChI=1S/C10H12BrN5/c1-2-16-6-8(5-14-16)15-10-9(12)3-7(11)4-13-10/h3-6H,2,12H2,1H3,(H,13,15). The van der Waals surface area contributed by atoms with Crippen LogP contribution in [-0.2, 0) is 6.54 Å². The first kappa shape index (κ1) is 10.9. The molecule has 0 fully saturated rings. The predicted octanol–water partition coefficient (Wildman–Crippen LogP) is 2.39. The van der Waals surface area contributed by atoms with Gasteiger partial charge in [-0.3, -0.25) is 4.68 Å². The smallest absolute Gasteiger partial charge is 0.153 e. The summed E-state index contributed by atoms with van der Waals surface area (Å²) in [5.74, 6) is 0.638. The van der Waals surface area contributed by atoms with Gasteiger partial charge in [-0.1, -0.05) is 0 Å². The van der Waals surface area contributed by atoms with E-state index in [1.165, 1.54) is 0 Å². The highest BCUT2D eigenvalue weighted by Crippen LogP contribution is 2.23. The number of hydrogen-bond acceptors (Lipinski definition) is 4. The van der Waals surface area contributed by atoms with Gasteiger partial charge in [0, 0.05) is 23.4 Å². The molecule has 0 radical (unpaired) electrons. The lowest BCUT2D eigenvalue weighted by molar-refractivity contribution is 0.660. The maximum Gasteiger partial charge on any atom is 0.153 e. The molecule has 0 aliphatic rings. The van der Waals surface area contributed by atoms with Gasteiger partial charge < -0.3 is 11.1 Å². The average Bonchev–Trinajstić information content (AvgIpc) is 2.70. The van der Waals surface area contributed by atoms with Crippen LogP contribution in [0.2, 0.25) is 0 Å². The molecule has 5 nitrogen and oxygen atoms in total. The second-order valence-electron chi connectivity index (χ2n) is 3.30. The van der Waals surface area contributed by atoms with Crippen LogP contribution in [0.3, 0.4) is 0 Å². The molecule has 84 valence electrons. The Morgan fingerprint density at radius 2 is 2.31 bits per heavy atom. The molecule has 0 bridgehead atoms. The summed E-state index contributed by atoms with van der Waals surface area (Å²) in [6, 6.07) is 1.81. The van der Waals surface area contributed by atoms with Gasteiger partial charge in [0.1, 0.15) is 0 Å². The number of nitrogens with two attached hydrogens (primary N) is 1. The Bertz CT molecular complexity index is 494. The van der Waals surface area contributed by atoms with Crippen molar-refractivity contribution in [1.82, 2.24) is 14.8 Å². The molecule has 2 rings (SSSR count). The Labute approximate surface area is 102 Å². The molecule has 0 atom stereocenters. The maximum atomic E-state index is 5.83. The molecule has 0 aliphatic heterocycles. The second kappa shape index (κ2) is 4.52. The molecule has 6 heteroatoms. The number of hydrogen-bond donors (Lipinski definition) is 2. The number of nitrogens with one attached hydrogen (secondary N) is 1. The monoisotopic (exact) mass is 281 g/mol. The molecule has 0 amide bonds. The van der Waals surface area contributed by atoms with Crippen molar-refractivity contribution in [2.24, 2.45) is 0 Å². The first-order chi connectivity index (χ1) is 7.69. The number of nitrogen functional groups attached to an aromatic ring is 1. The molecular weight excluding hydrogens is 270 g/mol. The molecule has 16 heavy (non-hydrogen) atoms. The summed E-state index contributed by atoms with van der Waals surface area (Å²) in [5.41, 5.74) is 7.30. The van der Waals surface area contributed by atoms with Gasteiger partial charge in [-0.25, -0.2) is 4.98 Å². The van der Waals surface area contributed by atoms with Gasteiger partial charge in [0.2, 0.25) is 0 Å². The van der Waals surface area contributed by atoms with Gasteiger partial charge in [0.25, 0.3) is 0 Å². The lowest BCUT2D eigenvalue weighted by Crippen LogP contribution is -1.98. The van der Waals surface area contributed by atoms with E-state index in [4.69, 9.17) is 5.73 Å². The molecule has 2 heterocycles. The van der Waals surface area contributed by atoms with Gasteiger partial charge in [-0.2, -0.15) is 5.10 Å². The van der Waals surface area contributed by atoms with Gasteiger partial charge >= 0.3 is 0 Å². The second-order valence-corrected chi connectivity index (χ2v) is 4.22. The number of halogens is 1. The number of anilines is 3. The quantitative estimate of drug-likeness (QED) is 0.907. The lowest BCUT2D eigenvalue weighted by atomic mass is 10.4. The normalized spacial score (nSPS) is 10.4. The van der Waals surface area contributed by atoms with Crippen LogP contribution >= 0.6 is 15.9 Å². The summed E-state index contributed by atoms with van der Waals surface area (Å²) in [4.78, 5) is 4.19. The predicted molar refractivity (Wildman–Crippen MR) is 67.5 cm³/mol. The number of pyridine rings is 1. The zero-order valence-corrected chi connectivity index (χ0v) is 10.4. The maximum absolute atomic E-state index is 5.83. The number of rotatable bonds is 3. The van der Waals surface area contributed by atoms with Crippen molar-refractivity contribution in [1.29, 1.82) is 0 Å². The van der Waals surface area contributed by atoms with E-state index in [0.717, 1.165) is 16.7 Å². The van der Waals surface area contributed by atoms with Crippen molar-refractivity contribution in [2.75, 3.05) is 11.1 Å². The SMILES string of the molecule is CCn1cc(Nc2ncc(Br)cc2N)cn1. The fourth-order valence-corrected chi connectivity index (χ4v) is 1.65. The van der Waals surface area contributed by atoms with Crippen molar-refractivity contribution in [2.45, 2.75) is 13.5 Å². The minimum atomic E-state index is 0.596. The average molecular weight is 282 g/mol. The number of aryl methyl sites for hydroxylation is 1. The summed E-state index contributed by atoms with van der Waals surface area (Å²) in [6.07, 6.45) is 5.35. The third-order valence-corrected chi connectivity index (χ3v) is 2.54. The molecule has 3 N–H and O–H groups in total. The van der Waals surface area contributed by atoms with Crippen molar-refractivity contribution < 1.29 is 0 Å². The van der Waals surface area contributed by atoms with E-state index in [2.05, 4.69) is 31.3 Å². The minimum Gasteiger partial charge on any atom is -0.396 e. The van der Waals surface area contributed by atoms with Gasteiger partial charge in [0.05, 0.1) is 17.6 Å². The van der Waals surface area contributed by atoms with E-state index >= 15 is 0 Å². The van der Waals surface area contributed by atoms with Crippen LogP contribution in [0, 0.1) is 0 Å². The largest absolute Gasteiger partial charge is 0.396 e. The van der Waals surface area contributed by atoms with Crippen LogP contribution in [0.15, 0.2) is 29.1 Å². The molecule has 0 saturated carbocycles. The van der Waals surface area contributed by atoms with E-state index in [1.54, 1.807) is 18.5 Å². The Morgan fingerprint density at radius 1 is 1.50 bits per heavy atom. The molecule has 0 aromatic carbocycles. The number of nitrogens with zero attached hydrogens (tertiary/aromatic N) is 3. The lowest BCUT2D eigenvalue weighted by Gasteiger charge is -2.05. The highest BCUT2D eigenvalue weighted by atomic mass is 79.9. The van der Waals surface area contributed by atoms with Gasteiger partial charge in [0.15, 0.2) is 5.82 Å². The summed E-state index contributed by atoms with van der Waals surface area (Å²) in [6.45, 7) is 2.87. The van der Waals surface area contributed by atoms with Crippen LogP contribution in [-0.4, -0.2) is 14.8 Å². The Morgan fingerprint density at radius 3 is 2.94 bits per heavy atom. The highest BCUT2D eigenvalue weighted by molar-refractivity contribution is 9.10. The van der Waals surface area contributed by atoms with Crippen molar-refractivity contribution >= 4 is 33.1 Å². The summed E-state index contributed by atoms with van der Waals surface area (Å²) in [7, 11) is 0. The van der Waals surface area contributed by atoms with Crippen LogP contribution < -0.4 is 11.1 Å². The van der Waals surface area contributed by atoms with E-state index in [-0.39, 0.29) is 0 Å². The topological polar surface area (TPSA) is 68.8 Å². The summed E-state index contributed by atoms with van der Waals surface area (Å²) < 4.78 is 2.69. The summed E-state index contributed by atoms with van der Waals surface area (Å²) in [5, 5.41) is 7.27. The Kier molecular flexibility index (Phi) is 3.09. The molecule has 0 unspecified atom stereocenters. The third-order valence-electron chi connectivity index (χ3n) is 2.10. The fraction of sp³-hybridized carbons (Fsp3) is 0.200. The van der Waals surface area contributed by atoms with Crippen molar-refractivity contribution in [3.05, 3.63) is 29.1 Å². The third kappa shape index (κ3) is 2.33. The van der Waals surface area contributed by atoms with Crippen LogP contribution in [0.25, 0.3) is 0 Å². The van der Waals surface area contributed by atoms with E-state index < -0.39 is 0 Å². The molecule has 0 saturated heterocycles. The van der Waals surface area contributed by atoms with Gasteiger partial charge in [-0.05, 0) is 28.9 Å². The Balaban J connectivity index is 2.20. The molecule has 0 aliphatic carbocycles. The van der Waals surface area contributed by atoms with E-state index in [1.807, 2.05) is 17.8 Å².